The fraction of sp³-hybridized carbons (Fsp3) is 0. The van der Waals surface area contributed by atoms with Crippen molar-refractivity contribution in [3.63, 3.8) is 0 Å². The number of thiophene rings is 1. The van der Waals surface area contributed by atoms with Crippen LogP contribution in [0, 0.1) is 10.1 Å². The number of nitrogens with zero attached hydrogens (tertiary/aromatic N) is 2. The summed E-state index contributed by atoms with van der Waals surface area (Å²) in [6.07, 6.45) is 0. The molecular weight excluding hydrogens is 282 g/mol. The molecule has 0 aliphatic heterocycles. The van der Waals surface area contributed by atoms with E-state index in [2.05, 4.69) is 9.97 Å². The van der Waals surface area contributed by atoms with E-state index in [4.69, 9.17) is 5.11 Å². The zero-order valence-electron chi connectivity index (χ0n) is 9.86. The number of benzene rings is 1. The number of carboxylic acid groups (broad SMARTS) is 1. The molecule has 2 N–H and O–H groups in total. The van der Waals surface area contributed by atoms with Gasteiger partial charge in [-0.05, 0) is 18.2 Å². The third-order valence-electron chi connectivity index (χ3n) is 2.76. The van der Waals surface area contributed by atoms with Gasteiger partial charge >= 0.3 is 5.97 Å². The van der Waals surface area contributed by atoms with Gasteiger partial charge in [0.25, 0.3) is 5.69 Å². The first-order valence-electron chi connectivity index (χ1n) is 5.51. The minimum Gasteiger partial charge on any atom is -0.478 e. The maximum absolute atomic E-state index is 10.9. The van der Waals surface area contributed by atoms with Gasteiger partial charge in [0.15, 0.2) is 0 Å². The van der Waals surface area contributed by atoms with Gasteiger partial charge in [-0.3, -0.25) is 10.1 Å². The second-order valence-electron chi connectivity index (χ2n) is 4.05. The van der Waals surface area contributed by atoms with Crippen molar-refractivity contribution in [2.75, 3.05) is 0 Å². The average Bonchev–Trinajstić information content (AvgIpc) is 3.04. The number of aromatic nitrogens is 2. The van der Waals surface area contributed by atoms with E-state index >= 15 is 0 Å². The Hall–Kier alpha value is -2.74. The number of imidazole rings is 1. The number of hydrogen-bond acceptors (Lipinski definition) is 5. The number of H-pyrrole nitrogens is 1. The first-order chi connectivity index (χ1) is 9.54. The predicted molar refractivity (Wildman–Crippen MR) is 73.0 cm³/mol. The minimum atomic E-state index is -1.02. The Morgan fingerprint density at radius 3 is 2.85 bits per heavy atom. The van der Waals surface area contributed by atoms with Crippen molar-refractivity contribution in [2.24, 2.45) is 0 Å². The molecule has 0 fully saturated rings. The molecule has 0 aliphatic rings. The summed E-state index contributed by atoms with van der Waals surface area (Å²) < 4.78 is 0. The zero-order valence-corrected chi connectivity index (χ0v) is 10.7. The van der Waals surface area contributed by atoms with Crippen LogP contribution in [0.1, 0.15) is 10.4 Å². The van der Waals surface area contributed by atoms with Gasteiger partial charge in [0.1, 0.15) is 5.82 Å². The summed E-state index contributed by atoms with van der Waals surface area (Å²) in [7, 11) is 0. The number of hydrogen-bond donors (Lipinski definition) is 2. The van der Waals surface area contributed by atoms with E-state index in [9.17, 15) is 14.9 Å². The molecule has 0 saturated heterocycles. The summed E-state index contributed by atoms with van der Waals surface area (Å²) in [5.41, 5.74) is 1.36. The molecule has 0 amide bonds. The lowest BCUT2D eigenvalue weighted by Gasteiger charge is -1.92. The van der Waals surface area contributed by atoms with Crippen LogP contribution >= 0.6 is 11.3 Å². The van der Waals surface area contributed by atoms with Crippen LogP contribution < -0.4 is 0 Å². The molecule has 100 valence electrons. The van der Waals surface area contributed by atoms with Gasteiger partial charge in [-0.1, -0.05) is 0 Å². The molecule has 0 atom stereocenters. The van der Waals surface area contributed by atoms with Crippen LogP contribution in [0.2, 0.25) is 0 Å². The Kier molecular flexibility index (Phi) is 2.72. The Bertz CT molecular complexity index is 836. The van der Waals surface area contributed by atoms with Crippen molar-refractivity contribution in [2.45, 2.75) is 0 Å². The van der Waals surface area contributed by atoms with E-state index < -0.39 is 10.9 Å². The van der Waals surface area contributed by atoms with Crippen LogP contribution in [-0.4, -0.2) is 26.0 Å². The smallest absolute Gasteiger partial charge is 0.335 e. The highest BCUT2D eigenvalue weighted by molar-refractivity contribution is 7.13. The molecule has 2 aromatic heterocycles. The standard InChI is InChI=1S/C12H7N3O4S/c16-12(17)6-1-2-8-9(3-6)14-11(13-8)10-4-7(5-20-10)15(18)19/h1-5H,(H,13,14)(H,16,17). The van der Waals surface area contributed by atoms with E-state index in [1.807, 2.05) is 0 Å². The van der Waals surface area contributed by atoms with Crippen LogP contribution in [0.25, 0.3) is 21.7 Å². The topological polar surface area (TPSA) is 109 Å². The molecule has 0 bridgehead atoms. The predicted octanol–water partition coefficient (Wildman–Crippen LogP) is 2.90. The van der Waals surface area contributed by atoms with Crippen LogP contribution in [0.15, 0.2) is 29.6 Å². The highest BCUT2D eigenvalue weighted by Crippen LogP contribution is 2.30. The molecule has 0 aliphatic carbocycles. The van der Waals surface area contributed by atoms with Crippen molar-refractivity contribution in [3.05, 3.63) is 45.3 Å². The molecule has 0 radical (unpaired) electrons. The van der Waals surface area contributed by atoms with Gasteiger partial charge in [-0.2, -0.15) is 0 Å². The Balaban J connectivity index is 2.07. The van der Waals surface area contributed by atoms with Gasteiger partial charge in [-0.25, -0.2) is 9.78 Å². The molecule has 0 unspecified atom stereocenters. The van der Waals surface area contributed by atoms with Gasteiger partial charge in [0, 0.05) is 6.07 Å². The second-order valence-corrected chi connectivity index (χ2v) is 4.96. The zero-order chi connectivity index (χ0) is 14.3. The van der Waals surface area contributed by atoms with Crippen molar-refractivity contribution < 1.29 is 14.8 Å². The number of nitrogens with one attached hydrogen (secondary N) is 1. The normalized spacial score (nSPS) is 10.8. The van der Waals surface area contributed by atoms with E-state index in [0.717, 1.165) is 0 Å². The fourth-order valence-electron chi connectivity index (χ4n) is 1.81. The molecule has 0 spiro atoms. The molecule has 7 nitrogen and oxygen atoms in total. The van der Waals surface area contributed by atoms with Crippen LogP contribution in [0.3, 0.4) is 0 Å². The second kappa shape index (κ2) is 4.42. The first-order valence-corrected chi connectivity index (χ1v) is 6.39. The van der Waals surface area contributed by atoms with Crippen LogP contribution in [-0.2, 0) is 0 Å². The maximum atomic E-state index is 10.9. The van der Waals surface area contributed by atoms with E-state index in [1.165, 1.54) is 34.9 Å². The quantitative estimate of drug-likeness (QED) is 0.569. The van der Waals surface area contributed by atoms with E-state index in [-0.39, 0.29) is 11.3 Å². The van der Waals surface area contributed by atoms with E-state index in [1.54, 1.807) is 6.07 Å². The molecule has 1 aromatic carbocycles. The summed E-state index contributed by atoms with van der Waals surface area (Å²) in [6.45, 7) is 0. The first kappa shape index (κ1) is 12.3. The van der Waals surface area contributed by atoms with Crippen molar-refractivity contribution in [1.29, 1.82) is 0 Å². The summed E-state index contributed by atoms with van der Waals surface area (Å²) in [4.78, 5) is 29.0. The number of fused-ring (bicyclic) bond motifs is 1. The average molecular weight is 289 g/mol. The molecule has 2 heterocycles. The minimum absolute atomic E-state index is 0.0108. The molecule has 3 aromatic rings. The maximum Gasteiger partial charge on any atom is 0.335 e. The Labute approximate surface area is 115 Å². The van der Waals surface area contributed by atoms with Crippen molar-refractivity contribution >= 4 is 34.0 Å². The lowest BCUT2D eigenvalue weighted by atomic mass is 10.2. The number of carboxylic acids is 1. The van der Waals surface area contributed by atoms with Gasteiger partial charge in [0.05, 0.1) is 31.8 Å². The lowest BCUT2D eigenvalue weighted by molar-refractivity contribution is -0.384. The summed E-state index contributed by atoms with van der Waals surface area (Å²) >= 11 is 1.20. The van der Waals surface area contributed by atoms with Gasteiger partial charge in [-0.15, -0.1) is 11.3 Å². The highest BCUT2D eigenvalue weighted by Gasteiger charge is 2.14. The van der Waals surface area contributed by atoms with Crippen LogP contribution in [0.5, 0.6) is 0 Å². The van der Waals surface area contributed by atoms with Gasteiger partial charge < -0.3 is 10.1 Å². The Morgan fingerprint density at radius 1 is 1.40 bits per heavy atom. The SMILES string of the molecule is O=C(O)c1ccc2nc(-c3cc([N+](=O)[O-])cs3)[nH]c2c1. The number of nitro groups is 1. The largest absolute Gasteiger partial charge is 0.478 e. The summed E-state index contributed by atoms with van der Waals surface area (Å²) in [5, 5.41) is 21.0. The number of rotatable bonds is 3. The monoisotopic (exact) mass is 289 g/mol. The third kappa shape index (κ3) is 2.01. The lowest BCUT2D eigenvalue weighted by Crippen LogP contribution is -1.94. The fourth-order valence-corrected chi connectivity index (χ4v) is 2.60. The number of aromatic carboxylic acids is 1. The van der Waals surface area contributed by atoms with Crippen LogP contribution in [0.4, 0.5) is 5.69 Å². The highest BCUT2D eigenvalue weighted by atomic mass is 32.1. The number of aromatic amines is 1. The molecule has 20 heavy (non-hydrogen) atoms. The Morgan fingerprint density at radius 2 is 2.20 bits per heavy atom. The van der Waals surface area contributed by atoms with Crippen molar-refractivity contribution in [1.82, 2.24) is 9.97 Å². The number of carbonyl (C=O) groups is 1. The summed E-state index contributed by atoms with van der Waals surface area (Å²) in [6, 6.07) is 5.98. The molecular formula is C12H7N3O4S. The van der Waals surface area contributed by atoms with Gasteiger partial charge in [0.2, 0.25) is 0 Å². The molecule has 8 heteroatoms. The van der Waals surface area contributed by atoms with Crippen molar-refractivity contribution in [3.8, 4) is 10.7 Å². The molecule has 3 rings (SSSR count). The third-order valence-corrected chi connectivity index (χ3v) is 3.68. The summed E-state index contributed by atoms with van der Waals surface area (Å²) in [5.74, 6) is -0.532. The van der Waals surface area contributed by atoms with E-state index in [0.29, 0.717) is 21.7 Å². The molecule has 0 saturated carbocycles.